The van der Waals surface area contributed by atoms with Crippen molar-refractivity contribution in [2.75, 3.05) is 13.7 Å². The minimum atomic E-state index is 0.406. The lowest BCUT2D eigenvalue weighted by atomic mass is 10.1. The zero-order valence-corrected chi connectivity index (χ0v) is 14.3. The van der Waals surface area contributed by atoms with Gasteiger partial charge in [0.1, 0.15) is 12.4 Å². The third kappa shape index (κ3) is 6.04. The van der Waals surface area contributed by atoms with Crippen molar-refractivity contribution in [1.82, 2.24) is 5.32 Å². The van der Waals surface area contributed by atoms with E-state index in [1.165, 1.54) is 5.56 Å². The van der Waals surface area contributed by atoms with Gasteiger partial charge in [-0.2, -0.15) is 5.26 Å². The van der Waals surface area contributed by atoms with Crippen molar-refractivity contribution in [1.29, 1.82) is 5.26 Å². The van der Waals surface area contributed by atoms with Crippen LogP contribution in [0.1, 0.15) is 30.0 Å². The number of nitrogens with one attached hydrogen (secondary N) is 1. The molecule has 0 spiro atoms. The van der Waals surface area contributed by atoms with Crippen LogP contribution in [-0.4, -0.2) is 19.8 Å². The van der Waals surface area contributed by atoms with Crippen LogP contribution in [0.25, 0.3) is 0 Å². The fraction of sp³-hybridized carbons (Fsp3) is 0.350. The van der Waals surface area contributed by atoms with Gasteiger partial charge >= 0.3 is 0 Å². The van der Waals surface area contributed by atoms with Crippen molar-refractivity contribution in [3.05, 3.63) is 65.2 Å². The van der Waals surface area contributed by atoms with Crippen LogP contribution in [0.4, 0.5) is 0 Å². The summed E-state index contributed by atoms with van der Waals surface area (Å²) in [5.74, 6) is 0.834. The monoisotopic (exact) mass is 324 g/mol. The van der Waals surface area contributed by atoms with Crippen LogP contribution < -0.4 is 10.1 Å². The highest BCUT2D eigenvalue weighted by Crippen LogP contribution is 2.16. The quantitative estimate of drug-likeness (QED) is 0.765. The number of hydrogen-bond acceptors (Lipinski definition) is 4. The van der Waals surface area contributed by atoms with Crippen LogP contribution in [0.2, 0.25) is 0 Å². The van der Waals surface area contributed by atoms with Crippen LogP contribution in [0.3, 0.4) is 0 Å². The maximum Gasteiger partial charge on any atom is 0.120 e. The fourth-order valence-corrected chi connectivity index (χ4v) is 2.33. The van der Waals surface area contributed by atoms with Gasteiger partial charge in [0.2, 0.25) is 0 Å². The maximum absolute atomic E-state index is 8.94. The number of nitriles is 1. The molecule has 0 fully saturated rings. The molecule has 1 N–H and O–H groups in total. The van der Waals surface area contributed by atoms with Gasteiger partial charge in [0.05, 0.1) is 11.6 Å². The second kappa shape index (κ2) is 9.71. The van der Waals surface area contributed by atoms with Crippen LogP contribution >= 0.6 is 0 Å². The van der Waals surface area contributed by atoms with E-state index in [0.29, 0.717) is 18.2 Å². The number of hydrogen-bond donors (Lipinski definition) is 1. The highest BCUT2D eigenvalue weighted by atomic mass is 16.5. The Balaban J connectivity index is 1.87. The summed E-state index contributed by atoms with van der Waals surface area (Å²) in [5.41, 5.74) is 2.83. The van der Waals surface area contributed by atoms with Crippen molar-refractivity contribution >= 4 is 0 Å². The van der Waals surface area contributed by atoms with Crippen molar-refractivity contribution in [2.45, 2.75) is 32.5 Å². The van der Waals surface area contributed by atoms with Crippen LogP contribution in [0.15, 0.2) is 48.5 Å². The third-order valence-corrected chi connectivity index (χ3v) is 3.77. The smallest absolute Gasteiger partial charge is 0.120 e. The molecule has 2 aromatic carbocycles. The first-order valence-electron chi connectivity index (χ1n) is 8.14. The Bertz CT molecular complexity index is 679. The summed E-state index contributed by atoms with van der Waals surface area (Å²) < 4.78 is 10.9. The predicted molar refractivity (Wildman–Crippen MR) is 94.7 cm³/mol. The van der Waals surface area contributed by atoms with Gasteiger partial charge in [-0.25, -0.2) is 0 Å². The highest BCUT2D eigenvalue weighted by molar-refractivity contribution is 5.33. The third-order valence-electron chi connectivity index (χ3n) is 3.77. The summed E-state index contributed by atoms with van der Waals surface area (Å²) in [7, 11) is 1.72. The summed E-state index contributed by atoms with van der Waals surface area (Å²) in [6, 6.07) is 18.1. The molecule has 0 aliphatic carbocycles. The Labute approximate surface area is 144 Å². The second-order valence-corrected chi connectivity index (χ2v) is 5.81. The summed E-state index contributed by atoms with van der Waals surface area (Å²) in [4.78, 5) is 0. The first-order chi connectivity index (χ1) is 11.7. The molecule has 24 heavy (non-hydrogen) atoms. The number of nitrogens with zero attached hydrogens (tertiary/aromatic N) is 1. The molecule has 0 saturated carbocycles. The van der Waals surface area contributed by atoms with Gasteiger partial charge in [-0.1, -0.05) is 24.3 Å². The van der Waals surface area contributed by atoms with Crippen molar-refractivity contribution in [3.63, 3.8) is 0 Å². The lowest BCUT2D eigenvalue weighted by Gasteiger charge is -2.14. The van der Waals surface area contributed by atoms with Gasteiger partial charge in [0.15, 0.2) is 0 Å². The lowest BCUT2D eigenvalue weighted by molar-refractivity contribution is 0.184. The Morgan fingerprint density at radius 1 is 1.12 bits per heavy atom. The van der Waals surface area contributed by atoms with Crippen LogP contribution in [0.5, 0.6) is 5.75 Å². The molecule has 0 bridgehead atoms. The largest absolute Gasteiger partial charge is 0.489 e. The molecule has 0 aliphatic heterocycles. The lowest BCUT2D eigenvalue weighted by Crippen LogP contribution is -2.26. The second-order valence-electron chi connectivity index (χ2n) is 5.81. The van der Waals surface area contributed by atoms with E-state index in [1.807, 2.05) is 36.4 Å². The van der Waals surface area contributed by atoms with Gasteiger partial charge in [-0.15, -0.1) is 0 Å². The molecule has 1 atom stereocenters. The van der Waals surface area contributed by atoms with E-state index in [1.54, 1.807) is 13.2 Å². The minimum absolute atomic E-state index is 0.406. The van der Waals surface area contributed by atoms with E-state index < -0.39 is 0 Å². The molecule has 0 amide bonds. The fourth-order valence-electron chi connectivity index (χ4n) is 2.33. The molecular weight excluding hydrogens is 300 g/mol. The summed E-state index contributed by atoms with van der Waals surface area (Å²) in [6.45, 7) is 4.17. The average molecular weight is 324 g/mol. The van der Waals surface area contributed by atoms with E-state index >= 15 is 0 Å². The summed E-state index contributed by atoms with van der Waals surface area (Å²) in [6.07, 6.45) is 0.988. The highest BCUT2D eigenvalue weighted by Gasteiger charge is 2.03. The molecule has 2 rings (SSSR count). The van der Waals surface area contributed by atoms with Crippen molar-refractivity contribution in [3.8, 4) is 11.8 Å². The van der Waals surface area contributed by atoms with E-state index in [-0.39, 0.29) is 0 Å². The van der Waals surface area contributed by atoms with Gasteiger partial charge in [0, 0.05) is 26.3 Å². The molecule has 0 saturated heterocycles. The topological polar surface area (TPSA) is 54.3 Å². The summed E-state index contributed by atoms with van der Waals surface area (Å²) >= 11 is 0. The first-order valence-corrected chi connectivity index (χ1v) is 8.14. The zero-order chi connectivity index (χ0) is 17.2. The first kappa shape index (κ1) is 18.0. The molecular formula is C20H24N2O2. The average Bonchev–Trinajstić information content (AvgIpc) is 2.63. The Hall–Kier alpha value is -2.35. The van der Waals surface area contributed by atoms with E-state index in [0.717, 1.165) is 30.9 Å². The van der Waals surface area contributed by atoms with E-state index in [9.17, 15) is 0 Å². The standard InChI is InChI=1S/C20H24N2O2/c1-16(9-10-23-2)22-14-18-6-4-8-20(12-18)24-15-19-7-3-5-17(11-19)13-21/h3-8,11-12,16,22H,9-10,14-15H2,1-2H3. The van der Waals surface area contributed by atoms with Crippen molar-refractivity contribution < 1.29 is 9.47 Å². The predicted octanol–water partition coefficient (Wildman–Crippen LogP) is 3.65. The van der Waals surface area contributed by atoms with Gasteiger partial charge in [-0.05, 0) is 48.7 Å². The SMILES string of the molecule is COCCC(C)NCc1cccc(OCc2cccc(C#N)c2)c1. The molecule has 0 radical (unpaired) electrons. The number of rotatable bonds is 9. The summed E-state index contributed by atoms with van der Waals surface area (Å²) in [5, 5.41) is 12.4. The maximum atomic E-state index is 8.94. The Morgan fingerprint density at radius 2 is 1.92 bits per heavy atom. The normalized spacial score (nSPS) is 11.7. The number of benzene rings is 2. The van der Waals surface area contributed by atoms with E-state index in [2.05, 4.69) is 24.4 Å². The number of ether oxygens (including phenoxy) is 2. The Kier molecular flexibility index (Phi) is 7.28. The molecule has 0 aromatic heterocycles. The van der Waals surface area contributed by atoms with Crippen LogP contribution in [0, 0.1) is 11.3 Å². The van der Waals surface area contributed by atoms with Gasteiger partial charge < -0.3 is 14.8 Å². The molecule has 4 nitrogen and oxygen atoms in total. The molecule has 2 aromatic rings. The Morgan fingerprint density at radius 3 is 2.71 bits per heavy atom. The van der Waals surface area contributed by atoms with E-state index in [4.69, 9.17) is 14.7 Å². The van der Waals surface area contributed by atoms with Crippen LogP contribution in [-0.2, 0) is 17.9 Å². The molecule has 4 heteroatoms. The molecule has 0 aliphatic rings. The molecule has 126 valence electrons. The zero-order valence-electron chi connectivity index (χ0n) is 14.3. The van der Waals surface area contributed by atoms with Gasteiger partial charge in [0.25, 0.3) is 0 Å². The molecule has 0 heterocycles. The van der Waals surface area contributed by atoms with Crippen molar-refractivity contribution in [2.24, 2.45) is 0 Å². The minimum Gasteiger partial charge on any atom is -0.489 e. The number of methoxy groups -OCH3 is 1. The molecule has 1 unspecified atom stereocenters. The van der Waals surface area contributed by atoms with Gasteiger partial charge in [-0.3, -0.25) is 0 Å².